The molecule has 0 aliphatic heterocycles. The highest BCUT2D eigenvalue weighted by Crippen LogP contribution is 1.62. The van der Waals surface area contributed by atoms with Gasteiger partial charge in [-0.25, -0.2) is 0 Å². The third-order valence-corrected chi connectivity index (χ3v) is 0.673. The number of primary amides is 1. The van der Waals surface area contributed by atoms with Crippen molar-refractivity contribution in [2.45, 2.75) is 6.92 Å². The first-order valence-electron chi connectivity index (χ1n) is 2.61. The number of hydrogen-bond acceptors (Lipinski definition) is 3. The molecule has 0 aromatic heterocycles. The molecule has 0 saturated heterocycles. The molecule has 3 N–H and O–H groups in total. The minimum absolute atomic E-state index is 0.00347. The molecule has 0 unspecified atom stereocenters. The zero-order valence-electron chi connectivity index (χ0n) is 5.31. The van der Waals surface area contributed by atoms with E-state index in [-0.39, 0.29) is 18.9 Å². The second-order valence-corrected chi connectivity index (χ2v) is 1.77. The highest BCUT2D eigenvalue weighted by Gasteiger charge is 1.93. The van der Waals surface area contributed by atoms with E-state index in [1.54, 1.807) is 0 Å². The summed E-state index contributed by atoms with van der Waals surface area (Å²) in [6.45, 7) is 1.72. The van der Waals surface area contributed by atoms with Crippen LogP contribution in [0, 0.1) is 0 Å². The Morgan fingerprint density at radius 2 is 2.00 bits per heavy atom. The SMILES string of the molecule is CC(=O)CNCC(N)=O. The number of Topliss-reactive ketones (excluding diaryl/α,β-unsaturated/α-hetero) is 1. The molecule has 52 valence electrons. The number of ketones is 1. The molecule has 0 aliphatic carbocycles. The Kier molecular flexibility index (Phi) is 3.62. The van der Waals surface area contributed by atoms with Crippen LogP contribution >= 0.6 is 0 Å². The van der Waals surface area contributed by atoms with Crippen molar-refractivity contribution < 1.29 is 9.59 Å². The van der Waals surface area contributed by atoms with Gasteiger partial charge in [0.05, 0.1) is 13.1 Å². The summed E-state index contributed by atoms with van der Waals surface area (Å²) >= 11 is 0. The Morgan fingerprint density at radius 1 is 1.44 bits per heavy atom. The fourth-order valence-electron chi connectivity index (χ4n) is 0.362. The van der Waals surface area contributed by atoms with Gasteiger partial charge in [-0.05, 0) is 6.92 Å². The Labute approximate surface area is 53.4 Å². The van der Waals surface area contributed by atoms with E-state index >= 15 is 0 Å². The lowest BCUT2D eigenvalue weighted by Crippen LogP contribution is -2.31. The zero-order valence-corrected chi connectivity index (χ0v) is 5.31. The predicted molar refractivity (Wildman–Crippen MR) is 32.7 cm³/mol. The third kappa shape index (κ3) is 7.10. The second-order valence-electron chi connectivity index (χ2n) is 1.77. The molecular weight excluding hydrogens is 120 g/mol. The van der Waals surface area contributed by atoms with Crippen molar-refractivity contribution in [3.05, 3.63) is 0 Å². The maximum atomic E-state index is 10.2. The number of carbonyl (C=O) groups excluding carboxylic acids is 2. The number of nitrogens with two attached hydrogens (primary N) is 1. The number of rotatable bonds is 4. The lowest BCUT2D eigenvalue weighted by molar-refractivity contribution is -0.117. The van der Waals surface area contributed by atoms with E-state index in [1.807, 2.05) is 0 Å². The summed E-state index contributed by atoms with van der Waals surface area (Å²) < 4.78 is 0. The van der Waals surface area contributed by atoms with Crippen molar-refractivity contribution >= 4 is 11.7 Å². The van der Waals surface area contributed by atoms with E-state index in [9.17, 15) is 9.59 Å². The average Bonchev–Trinajstić information content (AvgIpc) is 1.63. The van der Waals surface area contributed by atoms with Crippen LogP contribution in [0.4, 0.5) is 0 Å². The maximum absolute atomic E-state index is 10.2. The molecule has 0 aromatic carbocycles. The molecule has 0 spiro atoms. The highest BCUT2D eigenvalue weighted by atomic mass is 16.1. The zero-order chi connectivity index (χ0) is 7.28. The first-order valence-corrected chi connectivity index (χ1v) is 2.61. The van der Waals surface area contributed by atoms with Gasteiger partial charge in [-0.3, -0.25) is 9.59 Å². The summed E-state index contributed by atoms with van der Waals surface area (Å²) in [6, 6.07) is 0. The van der Waals surface area contributed by atoms with E-state index in [4.69, 9.17) is 5.73 Å². The first kappa shape index (κ1) is 8.10. The van der Waals surface area contributed by atoms with E-state index in [0.717, 1.165) is 0 Å². The molecule has 4 heteroatoms. The molecule has 0 heterocycles. The van der Waals surface area contributed by atoms with Crippen LogP contribution in [0.2, 0.25) is 0 Å². The van der Waals surface area contributed by atoms with Crippen LogP contribution in [-0.2, 0) is 9.59 Å². The van der Waals surface area contributed by atoms with Gasteiger partial charge < -0.3 is 11.1 Å². The standard InChI is InChI=1S/C5H10N2O2/c1-4(8)2-7-3-5(6)9/h7H,2-3H2,1H3,(H2,6,9). The van der Waals surface area contributed by atoms with Crippen molar-refractivity contribution in [1.82, 2.24) is 5.32 Å². The van der Waals surface area contributed by atoms with Crippen molar-refractivity contribution in [1.29, 1.82) is 0 Å². The molecule has 0 radical (unpaired) electrons. The summed E-state index contributed by atoms with van der Waals surface area (Å²) in [7, 11) is 0. The third-order valence-electron chi connectivity index (χ3n) is 0.673. The van der Waals surface area contributed by atoms with Gasteiger partial charge in [0.15, 0.2) is 0 Å². The van der Waals surface area contributed by atoms with Crippen LogP contribution < -0.4 is 11.1 Å². The van der Waals surface area contributed by atoms with Crippen LogP contribution in [0.3, 0.4) is 0 Å². The lowest BCUT2D eigenvalue weighted by Gasteiger charge is -1.95. The van der Waals surface area contributed by atoms with Crippen LogP contribution in [0.15, 0.2) is 0 Å². The molecule has 0 aromatic rings. The molecule has 0 fully saturated rings. The number of hydrogen-bond donors (Lipinski definition) is 2. The maximum Gasteiger partial charge on any atom is 0.231 e. The van der Waals surface area contributed by atoms with Gasteiger partial charge >= 0.3 is 0 Å². The van der Waals surface area contributed by atoms with Gasteiger partial charge in [0.1, 0.15) is 5.78 Å². The molecule has 4 nitrogen and oxygen atoms in total. The van der Waals surface area contributed by atoms with Gasteiger partial charge in [-0.15, -0.1) is 0 Å². The van der Waals surface area contributed by atoms with Gasteiger partial charge in [0.2, 0.25) is 5.91 Å². The minimum atomic E-state index is -0.448. The first-order chi connectivity index (χ1) is 4.13. The molecule has 1 amide bonds. The largest absolute Gasteiger partial charge is 0.369 e. The van der Waals surface area contributed by atoms with E-state index in [1.165, 1.54) is 6.92 Å². The Balaban J connectivity index is 3.10. The molecule has 0 atom stereocenters. The normalized spacial score (nSPS) is 9.00. The highest BCUT2D eigenvalue weighted by molar-refractivity contribution is 5.79. The fourth-order valence-corrected chi connectivity index (χ4v) is 0.362. The number of amides is 1. The monoisotopic (exact) mass is 130 g/mol. The summed E-state index contributed by atoms with van der Waals surface area (Å²) in [6.07, 6.45) is 0. The van der Waals surface area contributed by atoms with Gasteiger partial charge in [0, 0.05) is 0 Å². The van der Waals surface area contributed by atoms with Gasteiger partial charge in [0.25, 0.3) is 0 Å². The smallest absolute Gasteiger partial charge is 0.231 e. The molecule has 0 bridgehead atoms. The lowest BCUT2D eigenvalue weighted by atomic mass is 10.4. The Bertz CT molecular complexity index is 108. The van der Waals surface area contributed by atoms with Crippen LogP contribution in [-0.4, -0.2) is 24.8 Å². The average molecular weight is 130 g/mol. The summed E-state index contributed by atoms with van der Waals surface area (Å²) in [4.78, 5) is 20.2. The van der Waals surface area contributed by atoms with Crippen molar-refractivity contribution in [3.63, 3.8) is 0 Å². The van der Waals surface area contributed by atoms with Crippen LogP contribution in [0.1, 0.15) is 6.92 Å². The van der Waals surface area contributed by atoms with Gasteiger partial charge in [-0.1, -0.05) is 0 Å². The summed E-state index contributed by atoms with van der Waals surface area (Å²) in [5.41, 5.74) is 4.77. The van der Waals surface area contributed by atoms with E-state index in [0.29, 0.717) is 0 Å². The Morgan fingerprint density at radius 3 is 2.33 bits per heavy atom. The number of carbonyl (C=O) groups is 2. The minimum Gasteiger partial charge on any atom is -0.369 e. The van der Waals surface area contributed by atoms with Crippen molar-refractivity contribution in [3.8, 4) is 0 Å². The Hall–Kier alpha value is -0.900. The topological polar surface area (TPSA) is 72.2 Å². The quantitative estimate of drug-likeness (QED) is 0.494. The number of nitrogens with one attached hydrogen (secondary N) is 1. The predicted octanol–water partition coefficient (Wildman–Crippen LogP) is -1.35. The van der Waals surface area contributed by atoms with Crippen molar-refractivity contribution in [2.24, 2.45) is 5.73 Å². The van der Waals surface area contributed by atoms with Crippen LogP contribution in [0.5, 0.6) is 0 Å². The van der Waals surface area contributed by atoms with Crippen LogP contribution in [0.25, 0.3) is 0 Å². The second kappa shape index (κ2) is 4.03. The molecule has 9 heavy (non-hydrogen) atoms. The molecule has 0 rings (SSSR count). The van der Waals surface area contributed by atoms with E-state index in [2.05, 4.69) is 5.32 Å². The van der Waals surface area contributed by atoms with Gasteiger partial charge in [-0.2, -0.15) is 0 Å². The van der Waals surface area contributed by atoms with Crippen molar-refractivity contribution in [2.75, 3.05) is 13.1 Å². The molecule has 0 aliphatic rings. The summed E-state index contributed by atoms with van der Waals surface area (Å²) in [5, 5.41) is 2.56. The summed E-state index contributed by atoms with van der Waals surface area (Å²) in [5.74, 6) is -0.451. The van der Waals surface area contributed by atoms with E-state index < -0.39 is 5.91 Å². The molecular formula is C5H10N2O2. The fraction of sp³-hybridized carbons (Fsp3) is 0.600. The molecule has 0 saturated carbocycles.